The quantitative estimate of drug-likeness (QED) is 0.738. The highest BCUT2D eigenvalue weighted by Gasteiger charge is 2.50. The summed E-state index contributed by atoms with van der Waals surface area (Å²) >= 11 is 1.98. The lowest BCUT2D eigenvalue weighted by molar-refractivity contribution is -0.192. The molecule has 1 atom stereocenters. The molecule has 2 saturated heterocycles. The average molecular weight is 434 g/mol. The van der Waals surface area contributed by atoms with Gasteiger partial charge < -0.3 is 14.7 Å². The van der Waals surface area contributed by atoms with Crippen LogP contribution in [0.3, 0.4) is 0 Å². The van der Waals surface area contributed by atoms with E-state index in [4.69, 9.17) is 14.6 Å². The number of ether oxygens (including phenoxy) is 1. The minimum Gasteiger partial charge on any atom is -0.475 e. The third-order valence-corrected chi connectivity index (χ3v) is 6.24. The highest BCUT2D eigenvalue weighted by Crippen LogP contribution is 2.46. The van der Waals surface area contributed by atoms with Crippen molar-refractivity contribution in [2.45, 2.75) is 56.2 Å². The van der Waals surface area contributed by atoms with Crippen molar-refractivity contribution in [3.63, 3.8) is 0 Å². The van der Waals surface area contributed by atoms with Crippen molar-refractivity contribution in [3.8, 4) is 0 Å². The topological polar surface area (TPSA) is 79.7 Å². The van der Waals surface area contributed by atoms with Crippen LogP contribution in [0.2, 0.25) is 0 Å². The number of carbonyl (C=O) groups is 2. The molecule has 10 heteroatoms. The Balaban J connectivity index is 0.000000370. The molecule has 0 aliphatic carbocycles. The van der Waals surface area contributed by atoms with Gasteiger partial charge in [-0.05, 0) is 25.0 Å². The Kier molecular flexibility index (Phi) is 8.33. The summed E-state index contributed by atoms with van der Waals surface area (Å²) < 4.78 is 38.0. The van der Waals surface area contributed by atoms with E-state index >= 15 is 0 Å². The van der Waals surface area contributed by atoms with Gasteiger partial charge in [0.25, 0.3) is 0 Å². The van der Waals surface area contributed by atoms with Gasteiger partial charge in [-0.1, -0.05) is 19.4 Å². The normalized spacial score (nSPS) is 20.0. The van der Waals surface area contributed by atoms with Gasteiger partial charge in [-0.2, -0.15) is 13.2 Å². The van der Waals surface area contributed by atoms with Crippen LogP contribution in [-0.4, -0.2) is 62.7 Å². The Morgan fingerprint density at radius 3 is 2.62 bits per heavy atom. The number of thioether (sulfide) groups is 1. The van der Waals surface area contributed by atoms with E-state index in [-0.39, 0.29) is 4.75 Å². The number of aliphatic carboxylic acids is 1. The van der Waals surface area contributed by atoms with E-state index in [1.807, 2.05) is 34.9 Å². The highest BCUT2D eigenvalue weighted by molar-refractivity contribution is 8.01. The van der Waals surface area contributed by atoms with E-state index in [1.54, 1.807) is 6.20 Å². The van der Waals surface area contributed by atoms with E-state index in [2.05, 4.69) is 11.9 Å². The Morgan fingerprint density at radius 2 is 2.07 bits per heavy atom. The zero-order valence-corrected chi connectivity index (χ0v) is 17.0. The van der Waals surface area contributed by atoms with Gasteiger partial charge in [0.05, 0.1) is 23.2 Å². The molecule has 3 rings (SSSR count). The predicted octanol–water partition coefficient (Wildman–Crippen LogP) is 3.51. The number of rotatable bonds is 6. The SMILES string of the molecule is CCCCC(=O)N1CC2(CC(OCc3ccccn3)CS2)C1.O=C(O)C(F)(F)F. The van der Waals surface area contributed by atoms with Crippen LogP contribution in [0.1, 0.15) is 38.3 Å². The fourth-order valence-corrected chi connectivity index (χ4v) is 4.68. The molecule has 0 aromatic carbocycles. The maximum absolute atomic E-state index is 12.0. The van der Waals surface area contributed by atoms with Crippen LogP contribution >= 0.6 is 11.8 Å². The Bertz CT molecular complexity index is 682. The van der Waals surface area contributed by atoms with E-state index in [0.29, 0.717) is 25.0 Å². The van der Waals surface area contributed by atoms with E-state index < -0.39 is 12.1 Å². The summed E-state index contributed by atoms with van der Waals surface area (Å²) in [6, 6.07) is 5.90. The number of amides is 1. The lowest BCUT2D eigenvalue weighted by Crippen LogP contribution is -2.60. The molecule has 1 aromatic heterocycles. The number of unbranched alkanes of at least 4 members (excludes halogenated alkanes) is 1. The first-order chi connectivity index (χ1) is 13.6. The molecule has 1 N–H and O–H groups in total. The number of hydrogen-bond acceptors (Lipinski definition) is 5. The third kappa shape index (κ3) is 7.18. The number of hydrogen-bond donors (Lipinski definition) is 1. The zero-order chi connectivity index (χ0) is 21.5. The second kappa shape index (κ2) is 10.3. The van der Waals surface area contributed by atoms with Crippen molar-refractivity contribution in [2.75, 3.05) is 18.8 Å². The fourth-order valence-electron chi connectivity index (χ4n) is 3.13. The van der Waals surface area contributed by atoms with Gasteiger partial charge in [-0.3, -0.25) is 9.78 Å². The van der Waals surface area contributed by atoms with Crippen LogP contribution < -0.4 is 0 Å². The van der Waals surface area contributed by atoms with Gasteiger partial charge >= 0.3 is 12.1 Å². The molecule has 2 aliphatic heterocycles. The predicted molar refractivity (Wildman–Crippen MR) is 102 cm³/mol. The number of aromatic nitrogens is 1. The molecule has 1 amide bonds. The molecule has 29 heavy (non-hydrogen) atoms. The standard InChI is InChI=1S/C17H24N2O2S.C2HF3O2/c1-2-3-7-16(20)19-12-17(13-19)9-15(11-22-17)21-10-14-6-4-5-8-18-14;3-2(4,5)1(6)7/h4-6,8,15H,2-3,7,9-13H2,1H3;(H,6,7). The van der Waals surface area contributed by atoms with Crippen LogP contribution in [0.5, 0.6) is 0 Å². The average Bonchev–Trinajstić information content (AvgIpc) is 3.08. The van der Waals surface area contributed by atoms with Crippen LogP contribution in [0, 0.1) is 0 Å². The second-order valence-corrected chi connectivity index (χ2v) is 8.60. The number of pyridine rings is 1. The molecule has 2 fully saturated rings. The second-order valence-electron chi connectivity index (χ2n) is 7.11. The van der Waals surface area contributed by atoms with Gasteiger partial charge in [0.2, 0.25) is 5.91 Å². The van der Waals surface area contributed by atoms with Crippen LogP contribution in [0.15, 0.2) is 24.4 Å². The van der Waals surface area contributed by atoms with Gasteiger partial charge in [0.1, 0.15) is 0 Å². The first-order valence-electron chi connectivity index (χ1n) is 9.38. The summed E-state index contributed by atoms with van der Waals surface area (Å²) in [4.78, 5) is 27.2. The number of nitrogens with zero attached hydrogens (tertiary/aromatic N) is 2. The molecule has 2 aliphatic rings. The molecular weight excluding hydrogens is 409 g/mol. The molecule has 3 heterocycles. The van der Waals surface area contributed by atoms with Crippen LogP contribution in [-0.2, 0) is 20.9 Å². The van der Waals surface area contributed by atoms with Crippen molar-refractivity contribution in [3.05, 3.63) is 30.1 Å². The molecule has 162 valence electrons. The lowest BCUT2D eigenvalue weighted by atomic mass is 9.92. The smallest absolute Gasteiger partial charge is 0.475 e. The molecule has 1 unspecified atom stereocenters. The van der Waals surface area contributed by atoms with Gasteiger partial charge in [-0.15, -0.1) is 11.8 Å². The Labute approximate surface area is 171 Å². The molecule has 0 saturated carbocycles. The summed E-state index contributed by atoms with van der Waals surface area (Å²) in [5.74, 6) is -1.40. The van der Waals surface area contributed by atoms with E-state index in [1.165, 1.54) is 0 Å². The number of likely N-dealkylation sites (tertiary alicyclic amines) is 1. The summed E-state index contributed by atoms with van der Waals surface area (Å²) in [6.45, 7) is 4.52. The molecular formula is C19H25F3N2O4S. The summed E-state index contributed by atoms with van der Waals surface area (Å²) in [5, 5.41) is 7.12. The first-order valence-corrected chi connectivity index (χ1v) is 10.4. The van der Waals surface area contributed by atoms with Crippen LogP contribution in [0.25, 0.3) is 0 Å². The largest absolute Gasteiger partial charge is 0.490 e. The lowest BCUT2D eigenvalue weighted by Gasteiger charge is -2.47. The number of carboxylic acid groups (broad SMARTS) is 1. The molecule has 6 nitrogen and oxygen atoms in total. The summed E-state index contributed by atoms with van der Waals surface area (Å²) in [7, 11) is 0. The van der Waals surface area contributed by atoms with E-state index in [9.17, 15) is 18.0 Å². The third-order valence-electron chi connectivity index (χ3n) is 4.67. The Morgan fingerprint density at radius 1 is 1.38 bits per heavy atom. The molecule has 0 bridgehead atoms. The maximum Gasteiger partial charge on any atom is 0.490 e. The zero-order valence-electron chi connectivity index (χ0n) is 16.2. The first kappa shape index (κ1) is 23.5. The monoisotopic (exact) mass is 434 g/mol. The van der Waals surface area contributed by atoms with Crippen LogP contribution in [0.4, 0.5) is 13.2 Å². The molecule has 1 aromatic rings. The summed E-state index contributed by atoms with van der Waals surface area (Å²) in [6.07, 6.45) is 0.863. The number of alkyl halides is 3. The van der Waals surface area contributed by atoms with Crippen molar-refractivity contribution in [1.82, 2.24) is 9.88 Å². The number of carboxylic acids is 1. The van der Waals surface area contributed by atoms with Gasteiger partial charge in [0, 0.05) is 31.5 Å². The molecule has 1 spiro atoms. The highest BCUT2D eigenvalue weighted by atomic mass is 32.2. The maximum atomic E-state index is 12.0. The van der Waals surface area contributed by atoms with Gasteiger partial charge in [0.15, 0.2) is 0 Å². The van der Waals surface area contributed by atoms with Crippen molar-refractivity contribution in [1.29, 1.82) is 0 Å². The van der Waals surface area contributed by atoms with Crippen molar-refractivity contribution in [2.24, 2.45) is 0 Å². The van der Waals surface area contributed by atoms with Crippen molar-refractivity contribution < 1.29 is 32.6 Å². The Hall–Kier alpha value is -1.81. The van der Waals surface area contributed by atoms with Gasteiger partial charge in [-0.25, -0.2) is 4.79 Å². The fraction of sp³-hybridized carbons (Fsp3) is 0.632. The number of halogens is 3. The minimum absolute atomic E-state index is 0.261. The van der Waals surface area contributed by atoms with Crippen molar-refractivity contribution >= 4 is 23.6 Å². The minimum atomic E-state index is -5.08. The van der Waals surface area contributed by atoms with E-state index in [0.717, 1.165) is 43.8 Å². The summed E-state index contributed by atoms with van der Waals surface area (Å²) in [5.41, 5.74) is 0.985. The molecule has 0 radical (unpaired) electrons. The number of carbonyl (C=O) groups excluding carboxylic acids is 1.